The third kappa shape index (κ3) is 5.47. The standard InChI is InChI=1S/C32H28F6N4O2/c1-2-18-16-42-10-8-19(18)13-25(42)26(23-7-9-39-24-6-4-3-5-22(23)24)41-28-27(29(43)30(28)44)40-15-17-11-20(31(33,34)35)14-21(12-17)32(36,37)38/h2-7,9,11-12,14,18-19,25-26,40-41H,1,8,10,13,15-16H2/t18?,19?,25-,26+/m1/s1. The molecule has 2 bridgehead atoms. The maximum atomic E-state index is 13.4. The zero-order valence-corrected chi connectivity index (χ0v) is 23.3. The van der Waals surface area contributed by atoms with Gasteiger partial charge in [0, 0.05) is 30.7 Å². The van der Waals surface area contributed by atoms with Crippen molar-refractivity contribution >= 4 is 22.3 Å². The molecule has 6 nitrogen and oxygen atoms in total. The number of halogens is 6. The molecule has 2 N–H and O–H groups in total. The summed E-state index contributed by atoms with van der Waals surface area (Å²) < 4.78 is 80.2. The number of nitrogens with zero attached hydrogens (tertiary/aromatic N) is 2. The van der Waals surface area contributed by atoms with Gasteiger partial charge >= 0.3 is 12.4 Å². The highest BCUT2D eigenvalue weighted by Gasteiger charge is 2.44. The predicted molar refractivity (Wildman–Crippen MR) is 155 cm³/mol. The molecule has 3 fully saturated rings. The fourth-order valence-corrected chi connectivity index (χ4v) is 6.66. The second-order valence-corrected chi connectivity index (χ2v) is 11.5. The topological polar surface area (TPSA) is 74.3 Å². The SMILES string of the molecule is C=CC1CN2CCC1C[C@@H]2[C@@H](Nc1c(NCc2cc(C(F)(F)F)cc(C(F)(F)F)c2)c(=O)c1=O)c1ccnc2ccccc12. The third-order valence-corrected chi connectivity index (χ3v) is 8.88. The maximum Gasteiger partial charge on any atom is 0.416 e. The molecule has 3 aliphatic rings. The number of rotatable bonds is 8. The lowest BCUT2D eigenvalue weighted by molar-refractivity contribution is -0.143. The van der Waals surface area contributed by atoms with Crippen LogP contribution < -0.4 is 21.5 Å². The van der Waals surface area contributed by atoms with Gasteiger partial charge in [0.2, 0.25) is 0 Å². The van der Waals surface area contributed by atoms with Crippen LogP contribution in [0.2, 0.25) is 0 Å². The Morgan fingerprint density at radius 3 is 2.30 bits per heavy atom. The Hall–Kier alpha value is -4.19. The number of fused-ring (bicyclic) bond motifs is 4. The first-order valence-corrected chi connectivity index (χ1v) is 14.2. The van der Waals surface area contributed by atoms with Crippen molar-refractivity contribution in [3.8, 4) is 0 Å². The third-order valence-electron chi connectivity index (χ3n) is 8.88. The molecule has 44 heavy (non-hydrogen) atoms. The number of alkyl halides is 6. The van der Waals surface area contributed by atoms with E-state index in [1.165, 1.54) is 0 Å². The van der Waals surface area contributed by atoms with E-state index in [2.05, 4.69) is 27.1 Å². The van der Waals surface area contributed by atoms with Gasteiger partial charge in [-0.2, -0.15) is 26.3 Å². The summed E-state index contributed by atoms with van der Waals surface area (Å²) in [6, 6.07) is 10.1. The van der Waals surface area contributed by atoms with Crippen molar-refractivity contribution in [2.24, 2.45) is 11.8 Å². The molecule has 5 atom stereocenters. The summed E-state index contributed by atoms with van der Waals surface area (Å²) in [6.45, 7) is 5.08. The zero-order valence-electron chi connectivity index (χ0n) is 23.3. The van der Waals surface area contributed by atoms with E-state index in [0.29, 0.717) is 24.0 Å². The highest BCUT2D eigenvalue weighted by Crippen LogP contribution is 2.43. The van der Waals surface area contributed by atoms with Crippen LogP contribution in [0.25, 0.3) is 10.9 Å². The number of hydrogen-bond acceptors (Lipinski definition) is 6. The minimum atomic E-state index is -5.01. The fourth-order valence-electron chi connectivity index (χ4n) is 6.66. The lowest BCUT2D eigenvalue weighted by atomic mass is 9.73. The van der Waals surface area contributed by atoms with E-state index < -0.39 is 46.9 Å². The number of hydrogen-bond donors (Lipinski definition) is 2. The molecular weight excluding hydrogens is 586 g/mol. The lowest BCUT2D eigenvalue weighted by Crippen LogP contribution is -2.56. The summed E-state index contributed by atoms with van der Waals surface area (Å²) in [5, 5.41) is 6.78. The smallest absolute Gasteiger partial charge is 0.376 e. The van der Waals surface area contributed by atoms with E-state index in [0.717, 1.165) is 42.4 Å². The number of nitrogens with one attached hydrogen (secondary N) is 2. The van der Waals surface area contributed by atoms with E-state index in [9.17, 15) is 35.9 Å². The van der Waals surface area contributed by atoms with Crippen molar-refractivity contribution in [2.75, 3.05) is 23.7 Å². The molecular formula is C32H28F6N4O2. The van der Waals surface area contributed by atoms with Gasteiger partial charge in [-0.3, -0.25) is 19.5 Å². The van der Waals surface area contributed by atoms with Gasteiger partial charge in [0.05, 0.1) is 22.7 Å². The molecule has 3 unspecified atom stereocenters. The van der Waals surface area contributed by atoms with Crippen molar-refractivity contribution in [1.82, 2.24) is 9.88 Å². The predicted octanol–water partition coefficient (Wildman–Crippen LogP) is 6.53. The molecule has 1 aromatic heterocycles. The summed E-state index contributed by atoms with van der Waals surface area (Å²) in [6.07, 6.45) is -4.58. The van der Waals surface area contributed by atoms with E-state index in [-0.39, 0.29) is 29.0 Å². The monoisotopic (exact) mass is 614 g/mol. The van der Waals surface area contributed by atoms with Crippen LogP contribution >= 0.6 is 0 Å². The van der Waals surface area contributed by atoms with Crippen LogP contribution in [0.3, 0.4) is 0 Å². The normalized spacial score (nSPS) is 22.7. The fraction of sp³-hybridized carbons (Fsp3) is 0.344. The number of pyridine rings is 1. The Morgan fingerprint density at radius 2 is 1.66 bits per heavy atom. The van der Waals surface area contributed by atoms with Crippen LogP contribution in [0.15, 0.2) is 77.0 Å². The Labute approximate surface area is 248 Å². The Kier molecular flexibility index (Phi) is 7.51. The quantitative estimate of drug-likeness (QED) is 0.134. The molecule has 0 radical (unpaired) electrons. The summed E-state index contributed by atoms with van der Waals surface area (Å²) in [5.41, 5.74) is -3.60. The van der Waals surface area contributed by atoms with Crippen LogP contribution in [0.4, 0.5) is 37.7 Å². The van der Waals surface area contributed by atoms with Gasteiger partial charge in [-0.05, 0) is 72.7 Å². The van der Waals surface area contributed by atoms with Gasteiger partial charge in [-0.25, -0.2) is 0 Å². The van der Waals surface area contributed by atoms with Crippen molar-refractivity contribution in [3.05, 3.63) is 110 Å². The number of benzene rings is 2. The first kappa shape index (κ1) is 29.9. The average Bonchev–Trinajstić information content (AvgIpc) is 3.01. The average molecular weight is 615 g/mol. The van der Waals surface area contributed by atoms with Crippen molar-refractivity contribution in [2.45, 2.75) is 43.8 Å². The lowest BCUT2D eigenvalue weighted by Gasteiger charge is -2.52. The molecule has 0 saturated carbocycles. The minimum Gasteiger partial charge on any atom is -0.376 e. The van der Waals surface area contributed by atoms with Gasteiger partial charge in [0.15, 0.2) is 0 Å². The van der Waals surface area contributed by atoms with Crippen LogP contribution in [0.1, 0.15) is 41.1 Å². The van der Waals surface area contributed by atoms with Crippen LogP contribution in [-0.2, 0) is 18.9 Å². The number of piperidine rings is 3. The van der Waals surface area contributed by atoms with E-state index >= 15 is 0 Å². The number of anilines is 2. The van der Waals surface area contributed by atoms with E-state index in [4.69, 9.17) is 0 Å². The summed E-state index contributed by atoms with van der Waals surface area (Å²) in [7, 11) is 0. The van der Waals surface area contributed by atoms with Crippen LogP contribution in [0.5, 0.6) is 0 Å². The molecule has 0 amide bonds. The molecule has 0 aliphatic carbocycles. The highest BCUT2D eigenvalue weighted by molar-refractivity contribution is 5.83. The zero-order chi connectivity index (χ0) is 31.4. The summed E-state index contributed by atoms with van der Waals surface area (Å²) >= 11 is 0. The molecule has 7 rings (SSSR count). The van der Waals surface area contributed by atoms with Crippen molar-refractivity contribution in [3.63, 3.8) is 0 Å². The maximum absolute atomic E-state index is 13.4. The molecule has 3 saturated heterocycles. The van der Waals surface area contributed by atoms with Gasteiger partial charge in [0.25, 0.3) is 10.9 Å². The highest BCUT2D eigenvalue weighted by atomic mass is 19.4. The Balaban J connectivity index is 1.34. The van der Waals surface area contributed by atoms with Crippen LogP contribution in [-0.4, -0.2) is 29.0 Å². The van der Waals surface area contributed by atoms with Gasteiger partial charge < -0.3 is 10.6 Å². The second kappa shape index (κ2) is 11.1. The van der Waals surface area contributed by atoms with Crippen molar-refractivity contribution < 1.29 is 26.3 Å². The number of aromatic nitrogens is 1. The number of para-hydroxylation sites is 1. The van der Waals surface area contributed by atoms with Gasteiger partial charge in [-0.15, -0.1) is 6.58 Å². The molecule has 3 aromatic carbocycles. The summed E-state index contributed by atoms with van der Waals surface area (Å²) in [5.74, 6) is 0.709. The van der Waals surface area contributed by atoms with Crippen molar-refractivity contribution in [1.29, 1.82) is 0 Å². The minimum absolute atomic E-state index is 0.0432. The van der Waals surface area contributed by atoms with Gasteiger partial charge in [0.1, 0.15) is 11.4 Å². The first-order valence-electron chi connectivity index (χ1n) is 14.2. The molecule has 4 heterocycles. The first-order chi connectivity index (χ1) is 20.8. The van der Waals surface area contributed by atoms with Crippen LogP contribution in [0, 0.1) is 11.8 Å². The molecule has 3 aliphatic heterocycles. The van der Waals surface area contributed by atoms with E-state index in [1.807, 2.05) is 36.4 Å². The molecule has 230 valence electrons. The molecule has 4 aromatic rings. The molecule has 0 spiro atoms. The largest absolute Gasteiger partial charge is 0.416 e. The van der Waals surface area contributed by atoms with E-state index in [1.54, 1.807) is 6.20 Å². The second-order valence-electron chi connectivity index (χ2n) is 11.5. The van der Waals surface area contributed by atoms with Gasteiger partial charge in [-0.1, -0.05) is 24.3 Å². The molecule has 12 heteroatoms. The Bertz CT molecular complexity index is 1760. The summed E-state index contributed by atoms with van der Waals surface area (Å²) in [4.78, 5) is 32.3. The Morgan fingerprint density at radius 1 is 0.977 bits per heavy atom.